The lowest BCUT2D eigenvalue weighted by Gasteiger charge is -2.42. The maximum atomic E-state index is 13.4. The maximum absolute atomic E-state index is 13.4. The first-order chi connectivity index (χ1) is 17.2. The number of carbonyl (C=O) groups is 1. The number of thiazole rings is 1. The SMILES string of the molecule is C[C@@H]1CN(c2ccc(S(=O)(=O)Nc3nccs3)cc2)CCN1C(=O)[C@H](C)n1ccc2ccc(Cl)cc21. The zero-order chi connectivity index (χ0) is 25.4. The molecule has 1 aliphatic heterocycles. The number of hydrogen-bond donors (Lipinski definition) is 1. The van der Waals surface area contributed by atoms with Crippen LogP contribution in [0.1, 0.15) is 19.9 Å². The van der Waals surface area contributed by atoms with E-state index in [2.05, 4.69) is 14.6 Å². The highest BCUT2D eigenvalue weighted by Crippen LogP contribution is 2.27. The predicted octanol–water partition coefficient (Wildman–Crippen LogP) is 4.85. The van der Waals surface area contributed by atoms with Gasteiger partial charge in [0.1, 0.15) is 6.04 Å². The van der Waals surface area contributed by atoms with Gasteiger partial charge in [0.05, 0.1) is 10.4 Å². The van der Waals surface area contributed by atoms with Crippen LogP contribution in [0, 0.1) is 0 Å². The molecule has 36 heavy (non-hydrogen) atoms. The second kappa shape index (κ2) is 9.76. The van der Waals surface area contributed by atoms with Gasteiger partial charge < -0.3 is 14.4 Å². The van der Waals surface area contributed by atoms with Crippen LogP contribution < -0.4 is 9.62 Å². The molecule has 0 saturated carbocycles. The molecule has 0 unspecified atom stereocenters. The van der Waals surface area contributed by atoms with Gasteiger partial charge in [-0.1, -0.05) is 17.7 Å². The lowest BCUT2D eigenvalue weighted by Crippen LogP contribution is -2.55. The summed E-state index contributed by atoms with van der Waals surface area (Å²) >= 11 is 7.42. The van der Waals surface area contributed by atoms with E-state index in [1.165, 1.54) is 11.3 Å². The quantitative estimate of drug-likeness (QED) is 0.375. The van der Waals surface area contributed by atoms with Gasteiger partial charge in [-0.3, -0.25) is 9.52 Å². The number of rotatable bonds is 6. The predicted molar refractivity (Wildman–Crippen MR) is 144 cm³/mol. The fourth-order valence-corrected chi connectivity index (χ4v) is 6.58. The van der Waals surface area contributed by atoms with Gasteiger partial charge in [-0.05, 0) is 61.7 Å². The van der Waals surface area contributed by atoms with E-state index in [9.17, 15) is 13.2 Å². The zero-order valence-corrected chi connectivity index (χ0v) is 22.2. The van der Waals surface area contributed by atoms with Crippen molar-refractivity contribution in [3.8, 4) is 0 Å². The molecule has 0 aliphatic carbocycles. The number of carbonyl (C=O) groups excluding carboxylic acids is 1. The number of amides is 1. The summed E-state index contributed by atoms with van der Waals surface area (Å²) < 4.78 is 29.7. The van der Waals surface area contributed by atoms with Gasteiger partial charge in [-0.2, -0.15) is 0 Å². The number of fused-ring (bicyclic) bond motifs is 1. The molecule has 2 atom stereocenters. The van der Waals surface area contributed by atoms with Crippen LogP contribution in [0.4, 0.5) is 10.8 Å². The Morgan fingerprint density at radius 3 is 2.64 bits per heavy atom. The summed E-state index contributed by atoms with van der Waals surface area (Å²) in [5.74, 6) is 0.0642. The van der Waals surface area contributed by atoms with Crippen LogP contribution in [-0.4, -0.2) is 54.5 Å². The molecule has 2 aromatic heterocycles. The van der Waals surface area contributed by atoms with E-state index in [1.807, 2.05) is 53.8 Å². The summed E-state index contributed by atoms with van der Waals surface area (Å²) in [5.41, 5.74) is 1.86. The number of nitrogens with one attached hydrogen (secondary N) is 1. The number of anilines is 2. The van der Waals surface area contributed by atoms with Crippen LogP contribution >= 0.6 is 22.9 Å². The van der Waals surface area contributed by atoms with Gasteiger partial charge in [0, 0.05) is 54.2 Å². The highest BCUT2D eigenvalue weighted by molar-refractivity contribution is 7.93. The van der Waals surface area contributed by atoms with Crippen LogP contribution in [0.2, 0.25) is 5.02 Å². The van der Waals surface area contributed by atoms with E-state index >= 15 is 0 Å². The fraction of sp³-hybridized carbons (Fsp3) is 0.280. The molecule has 1 N–H and O–H groups in total. The van der Waals surface area contributed by atoms with Crippen LogP contribution in [0.3, 0.4) is 0 Å². The van der Waals surface area contributed by atoms with Crippen molar-refractivity contribution in [3.63, 3.8) is 0 Å². The molecule has 0 radical (unpaired) electrons. The molecule has 1 saturated heterocycles. The van der Waals surface area contributed by atoms with Crippen molar-refractivity contribution >= 4 is 60.6 Å². The van der Waals surface area contributed by atoms with Crippen molar-refractivity contribution < 1.29 is 13.2 Å². The van der Waals surface area contributed by atoms with Crippen molar-refractivity contribution in [3.05, 3.63) is 71.3 Å². The topological polar surface area (TPSA) is 87.5 Å². The summed E-state index contributed by atoms with van der Waals surface area (Å²) in [6, 6.07) is 14.1. The Morgan fingerprint density at radius 1 is 1.17 bits per heavy atom. The molecule has 1 fully saturated rings. The number of hydrogen-bond acceptors (Lipinski definition) is 6. The minimum absolute atomic E-state index is 0.00547. The molecular formula is C25H26ClN5O3S2. The first-order valence-electron chi connectivity index (χ1n) is 11.6. The summed E-state index contributed by atoms with van der Waals surface area (Å²) in [6.45, 7) is 5.85. The highest BCUT2D eigenvalue weighted by Gasteiger charge is 2.31. The lowest BCUT2D eigenvalue weighted by atomic mass is 10.1. The number of aromatic nitrogens is 2. The number of piperazine rings is 1. The van der Waals surface area contributed by atoms with E-state index in [0.717, 1.165) is 16.6 Å². The van der Waals surface area contributed by atoms with Crippen LogP contribution in [0.25, 0.3) is 10.9 Å². The Labute approximate surface area is 219 Å². The largest absolute Gasteiger partial charge is 0.368 e. The van der Waals surface area contributed by atoms with Gasteiger partial charge in [-0.15, -0.1) is 11.3 Å². The van der Waals surface area contributed by atoms with E-state index in [1.54, 1.807) is 35.8 Å². The average Bonchev–Trinajstić information content (AvgIpc) is 3.52. The van der Waals surface area contributed by atoms with Crippen molar-refractivity contribution in [2.45, 2.75) is 30.8 Å². The Hall–Kier alpha value is -3.08. The molecule has 1 amide bonds. The summed E-state index contributed by atoms with van der Waals surface area (Å²) in [5, 5.41) is 3.73. The smallest absolute Gasteiger partial charge is 0.263 e. The standard InChI is InChI=1S/C25H26ClN5O3S2/c1-17-16-29(21-5-7-22(8-6-21)36(33,34)28-25-27-10-14-35-25)12-13-30(17)24(32)18(2)31-11-9-19-3-4-20(26)15-23(19)31/h3-11,14-15,17-18H,12-13,16H2,1-2H3,(H,27,28)/t17-,18+/m1/s1. The maximum Gasteiger partial charge on any atom is 0.263 e. The molecular weight excluding hydrogens is 518 g/mol. The monoisotopic (exact) mass is 543 g/mol. The molecule has 188 valence electrons. The molecule has 11 heteroatoms. The summed E-state index contributed by atoms with van der Waals surface area (Å²) in [6.07, 6.45) is 3.48. The third-order valence-corrected chi connectivity index (χ3v) is 8.94. The van der Waals surface area contributed by atoms with Crippen molar-refractivity contribution in [1.29, 1.82) is 0 Å². The summed E-state index contributed by atoms with van der Waals surface area (Å²) in [7, 11) is -3.70. The number of sulfonamides is 1. The second-order valence-electron chi connectivity index (χ2n) is 8.87. The molecule has 0 bridgehead atoms. The van der Waals surface area contributed by atoms with E-state index < -0.39 is 10.0 Å². The molecule has 3 heterocycles. The van der Waals surface area contributed by atoms with Crippen molar-refractivity contribution in [2.24, 2.45) is 0 Å². The molecule has 5 rings (SSSR count). The number of halogens is 1. The van der Waals surface area contributed by atoms with Gasteiger partial charge in [0.25, 0.3) is 10.0 Å². The van der Waals surface area contributed by atoms with Gasteiger partial charge in [0.2, 0.25) is 5.91 Å². The number of benzene rings is 2. The van der Waals surface area contributed by atoms with Crippen molar-refractivity contribution in [2.75, 3.05) is 29.3 Å². The van der Waals surface area contributed by atoms with Gasteiger partial charge in [-0.25, -0.2) is 13.4 Å². The minimum atomic E-state index is -3.70. The Morgan fingerprint density at radius 2 is 1.94 bits per heavy atom. The lowest BCUT2D eigenvalue weighted by molar-refractivity contribution is -0.136. The first-order valence-corrected chi connectivity index (χ1v) is 14.3. The fourth-order valence-electron chi connectivity index (χ4n) is 4.62. The Balaban J connectivity index is 1.26. The molecule has 2 aromatic carbocycles. The van der Waals surface area contributed by atoms with E-state index in [0.29, 0.717) is 29.8 Å². The van der Waals surface area contributed by atoms with Crippen LogP contribution in [0.15, 0.2) is 71.2 Å². The van der Waals surface area contributed by atoms with Crippen LogP contribution in [0.5, 0.6) is 0 Å². The average molecular weight is 544 g/mol. The van der Waals surface area contributed by atoms with E-state index in [4.69, 9.17) is 11.6 Å². The van der Waals surface area contributed by atoms with Gasteiger partial charge in [0.15, 0.2) is 5.13 Å². The minimum Gasteiger partial charge on any atom is -0.368 e. The highest BCUT2D eigenvalue weighted by atomic mass is 35.5. The first kappa shape index (κ1) is 24.6. The normalized spacial score (nSPS) is 17.4. The van der Waals surface area contributed by atoms with Crippen LogP contribution in [-0.2, 0) is 14.8 Å². The Kier molecular flexibility index (Phi) is 6.67. The van der Waals surface area contributed by atoms with Crippen molar-refractivity contribution in [1.82, 2.24) is 14.5 Å². The van der Waals surface area contributed by atoms with Gasteiger partial charge >= 0.3 is 0 Å². The zero-order valence-electron chi connectivity index (χ0n) is 19.8. The van der Waals surface area contributed by atoms with E-state index in [-0.39, 0.29) is 22.9 Å². The second-order valence-corrected chi connectivity index (χ2v) is 11.9. The molecule has 0 spiro atoms. The molecule has 1 aliphatic rings. The Bertz CT molecular complexity index is 1490. The third kappa shape index (κ3) is 4.80. The number of nitrogens with zero attached hydrogens (tertiary/aromatic N) is 4. The summed E-state index contributed by atoms with van der Waals surface area (Å²) in [4.78, 5) is 21.7. The third-order valence-electron chi connectivity index (χ3n) is 6.54. The molecule has 4 aromatic rings. The molecule has 8 nitrogen and oxygen atoms in total.